The number of phosphoric acid groups is 2. The average molecular weight is 1050 g/mol. The average Bonchev–Trinajstić information content (AvgIpc) is 3.69. The molecule has 1 saturated heterocycles. The van der Waals surface area contributed by atoms with Crippen LogP contribution in [0.3, 0.4) is 0 Å². The Kier molecular flexibility index (Phi) is 37.8. The van der Waals surface area contributed by atoms with Crippen LogP contribution in [0.1, 0.15) is 232 Å². The van der Waals surface area contributed by atoms with Gasteiger partial charge in [-0.25, -0.2) is 13.9 Å². The minimum atomic E-state index is -5.31. The Labute approximate surface area is 440 Å². The summed E-state index contributed by atoms with van der Waals surface area (Å²) in [6.07, 6.45) is 34.8. The van der Waals surface area contributed by atoms with E-state index in [0.29, 0.717) is 6.42 Å². The molecule has 0 aliphatic carbocycles. The van der Waals surface area contributed by atoms with Gasteiger partial charge in [-0.05, 0) is 38.0 Å². The van der Waals surface area contributed by atoms with Crippen LogP contribution >= 0.6 is 27.4 Å². The molecule has 394 valence electrons. The molecule has 0 aromatic carbocycles. The summed E-state index contributed by atoms with van der Waals surface area (Å²) in [4.78, 5) is 63.4. The van der Waals surface area contributed by atoms with Crippen LogP contribution in [0.25, 0.3) is 10.4 Å². The van der Waals surface area contributed by atoms with E-state index in [1.165, 1.54) is 154 Å². The second-order valence-electron chi connectivity index (χ2n) is 19.0. The fourth-order valence-electron chi connectivity index (χ4n) is 8.34. The normalized spacial score (nSPS) is 18.4. The van der Waals surface area contributed by atoms with Crippen molar-refractivity contribution in [3.8, 4) is 0 Å². The minimum Gasteiger partial charge on any atom is -0.456 e. The summed E-state index contributed by atoms with van der Waals surface area (Å²) in [6.45, 7) is 6.23. The molecule has 2 heterocycles. The summed E-state index contributed by atoms with van der Waals surface area (Å²) in [7, 11) is -10.6. The third-order valence-electron chi connectivity index (χ3n) is 12.4. The fraction of sp³-hybridized carbons (Fsp3) is 0.896. The molecule has 3 N–H and O–H groups in total. The van der Waals surface area contributed by atoms with Gasteiger partial charge < -0.3 is 19.3 Å². The molecule has 1 aromatic heterocycles. The van der Waals surface area contributed by atoms with E-state index >= 15 is 0 Å². The molecule has 1 fully saturated rings. The number of thioether (sulfide) groups is 1. The molecular weight excluding hydrogens is 956 g/mol. The Balaban J connectivity index is 0.0000238. The van der Waals surface area contributed by atoms with Crippen molar-refractivity contribution in [3.63, 3.8) is 0 Å². The Morgan fingerprint density at radius 2 is 1.25 bits per heavy atom. The maximum Gasteiger partial charge on any atom is 1.00 e. The van der Waals surface area contributed by atoms with Crippen molar-refractivity contribution in [2.45, 2.75) is 251 Å². The second kappa shape index (κ2) is 39.5. The Morgan fingerprint density at radius 3 is 1.72 bits per heavy atom. The van der Waals surface area contributed by atoms with Gasteiger partial charge in [-0.15, -0.1) is 0 Å². The van der Waals surface area contributed by atoms with Crippen molar-refractivity contribution >= 4 is 33.4 Å². The number of aromatic nitrogens is 2. The quantitative estimate of drug-likeness (QED) is 0.0105. The number of nitrogens with one attached hydrogen (secondary N) is 1. The van der Waals surface area contributed by atoms with Crippen molar-refractivity contribution in [2.75, 3.05) is 24.7 Å². The van der Waals surface area contributed by atoms with Gasteiger partial charge in [0.15, 0.2) is 0 Å². The molecule has 1 aliphatic rings. The largest absolute Gasteiger partial charge is 1.00 e. The summed E-state index contributed by atoms with van der Waals surface area (Å²) in [6, 6.07) is -0.979. The summed E-state index contributed by atoms with van der Waals surface area (Å²) in [5.41, 5.74) is 6.59. The smallest absolute Gasteiger partial charge is 0.456 e. The monoisotopic (exact) mass is 1040 g/mol. The van der Waals surface area contributed by atoms with Crippen molar-refractivity contribution < 1.29 is 76.1 Å². The molecule has 0 bridgehead atoms. The van der Waals surface area contributed by atoms with Crippen LogP contribution < -0.4 is 40.8 Å². The number of azide groups is 1. The first kappa shape index (κ1) is 66.0. The zero-order chi connectivity index (χ0) is 49.9. The first-order chi connectivity index (χ1) is 32.6. The summed E-state index contributed by atoms with van der Waals surface area (Å²) < 4.78 is 53.6. The molecule has 6 atom stereocenters. The van der Waals surface area contributed by atoms with E-state index in [1.54, 1.807) is 18.7 Å². The third-order valence-corrected chi connectivity index (χ3v) is 16.4. The van der Waals surface area contributed by atoms with Gasteiger partial charge in [0.25, 0.3) is 5.56 Å². The number of hydrogen-bond donors (Lipinski definition) is 3. The Bertz CT molecular complexity index is 1790. The van der Waals surface area contributed by atoms with E-state index in [0.717, 1.165) is 48.8 Å². The molecule has 1 aromatic rings. The van der Waals surface area contributed by atoms with E-state index < -0.39 is 70.1 Å². The van der Waals surface area contributed by atoms with Crippen LogP contribution in [-0.4, -0.2) is 67.8 Å². The molecular formula is C48H89N5NaO12P2S+. The van der Waals surface area contributed by atoms with Gasteiger partial charge in [0.05, 0.1) is 25.4 Å². The summed E-state index contributed by atoms with van der Waals surface area (Å²) in [5, 5.41) is 3.64. The number of nitrogens with zero attached hydrogens (tertiary/aromatic N) is 4. The van der Waals surface area contributed by atoms with Gasteiger partial charge in [-0.3, -0.25) is 28.2 Å². The van der Waals surface area contributed by atoms with Crippen LogP contribution in [-0.2, 0) is 36.8 Å². The van der Waals surface area contributed by atoms with Crippen LogP contribution in [0.2, 0.25) is 0 Å². The Hall–Kier alpha value is -0.970. The van der Waals surface area contributed by atoms with Gasteiger partial charge in [0.2, 0.25) is 0 Å². The topological polar surface area (TPSA) is 241 Å². The maximum absolute atomic E-state index is 13.1. The minimum absolute atomic E-state index is 0. The molecule has 0 radical (unpaired) electrons. The number of phosphoric ester groups is 2. The van der Waals surface area contributed by atoms with Crippen molar-refractivity contribution in [3.05, 3.63) is 43.0 Å². The fourth-order valence-corrected chi connectivity index (χ4v) is 11.7. The first-order valence-electron chi connectivity index (χ1n) is 26.1. The van der Waals surface area contributed by atoms with E-state index in [1.807, 2.05) is 0 Å². The predicted octanol–water partition coefficient (Wildman–Crippen LogP) is 10.8. The zero-order valence-corrected chi connectivity index (χ0v) is 47.7. The SMILES string of the molecule is CCCCCCCCCCCCCCCCCCSCC(C)(COP(=O)(O)OP(=O)(O)OCC1OC(n2cc(C)c(=O)[nH]c2=O)CC1N=[N+]=[N-])OC(=O)CCCCCCCCCCCCCCC.[Na+]. The third kappa shape index (κ3) is 32.1. The first-order valence-corrected chi connectivity index (χ1v) is 30.3. The van der Waals surface area contributed by atoms with Gasteiger partial charge in [-0.1, -0.05) is 192 Å². The van der Waals surface area contributed by atoms with Crippen molar-refractivity contribution in [1.29, 1.82) is 0 Å². The summed E-state index contributed by atoms with van der Waals surface area (Å²) in [5.74, 6) is 0.577. The van der Waals surface area contributed by atoms with E-state index in [4.69, 9.17) is 24.1 Å². The zero-order valence-electron chi connectivity index (χ0n) is 43.1. The number of aryl methyl sites for hydroxylation is 1. The predicted molar refractivity (Wildman–Crippen MR) is 272 cm³/mol. The van der Waals surface area contributed by atoms with E-state index in [9.17, 15) is 33.3 Å². The van der Waals surface area contributed by atoms with E-state index in [2.05, 4.69) is 33.2 Å². The molecule has 21 heteroatoms. The van der Waals surface area contributed by atoms with Crippen LogP contribution in [0, 0.1) is 6.92 Å². The molecule has 1 aliphatic heterocycles. The summed E-state index contributed by atoms with van der Waals surface area (Å²) >= 11 is 1.54. The number of carbonyl (C=O) groups is 1. The number of unbranched alkanes of at least 4 members (excludes halogenated alkanes) is 27. The molecule has 2 rings (SSSR count). The molecule has 69 heavy (non-hydrogen) atoms. The van der Waals surface area contributed by atoms with E-state index in [-0.39, 0.29) is 53.7 Å². The number of H-pyrrole nitrogens is 1. The van der Waals surface area contributed by atoms with Crippen molar-refractivity contribution in [2.24, 2.45) is 5.11 Å². The number of aromatic amines is 1. The Morgan fingerprint density at radius 1 is 0.797 bits per heavy atom. The van der Waals surface area contributed by atoms with Crippen LogP contribution in [0.4, 0.5) is 0 Å². The molecule has 0 amide bonds. The molecule has 0 saturated carbocycles. The van der Waals surface area contributed by atoms with Crippen LogP contribution in [0.5, 0.6) is 0 Å². The van der Waals surface area contributed by atoms with Crippen LogP contribution in [0.15, 0.2) is 20.9 Å². The number of esters is 1. The second-order valence-corrected chi connectivity index (χ2v) is 23.1. The number of rotatable bonds is 44. The van der Waals surface area contributed by atoms with Crippen molar-refractivity contribution in [1.82, 2.24) is 9.55 Å². The number of carbonyl (C=O) groups excluding carboxylic acids is 1. The molecule has 17 nitrogen and oxygen atoms in total. The van der Waals surface area contributed by atoms with Gasteiger partial charge >= 0.3 is 56.9 Å². The van der Waals surface area contributed by atoms with Gasteiger partial charge in [0, 0.05) is 35.3 Å². The maximum atomic E-state index is 13.1. The van der Waals surface area contributed by atoms with Gasteiger partial charge in [-0.2, -0.15) is 16.1 Å². The molecule has 0 spiro atoms. The standard InChI is InChI=1S/C48H89N5O12P2S.Na/c1-5-7-9-11-13-15-17-19-20-21-23-25-27-29-31-33-35-68-40-48(4,64-45(54)34-32-30-28-26-24-22-18-16-14-12-10-8-6-2)39-62-67(59,60)65-66(57,58)61-38-43-42(51-52-49)36-44(63-43)53-37-41(3)46(55)50-47(53)56;/h37,42-44H,5-36,38-40H2,1-4H3,(H,57,58)(H,59,60)(H,50,55,56);/q;+1. The number of ether oxygens (including phenoxy) is 2. The van der Waals surface area contributed by atoms with Gasteiger partial charge in [0.1, 0.15) is 11.8 Å². The number of hydrogen-bond acceptors (Lipinski definition) is 12. The molecule has 6 unspecified atom stereocenters.